The highest BCUT2D eigenvalue weighted by atomic mass is 16.5. The number of ether oxygens (including phenoxy) is 2. The summed E-state index contributed by atoms with van der Waals surface area (Å²) in [4.78, 5) is 17.8. The molecule has 0 aliphatic carbocycles. The summed E-state index contributed by atoms with van der Waals surface area (Å²) in [5.74, 6) is 1.02. The number of hydrogen-bond donors (Lipinski definition) is 1. The van der Waals surface area contributed by atoms with E-state index in [1.165, 1.54) is 5.56 Å². The molecule has 2 heterocycles. The third kappa shape index (κ3) is 4.85. The van der Waals surface area contributed by atoms with Crippen LogP contribution in [0.5, 0.6) is 11.5 Å². The molecule has 0 saturated heterocycles. The molecule has 0 radical (unpaired) electrons. The number of fused-ring (bicyclic) bond motifs is 1. The molecule has 0 bridgehead atoms. The first kappa shape index (κ1) is 22.4. The highest BCUT2D eigenvalue weighted by Gasteiger charge is 2.23. The Morgan fingerprint density at radius 1 is 0.970 bits per heavy atom. The number of carbonyl (C=O) groups is 1. The number of aromatic nitrogens is 2. The molecule has 1 amide bonds. The van der Waals surface area contributed by atoms with Gasteiger partial charge in [-0.2, -0.15) is 0 Å². The number of aryl methyl sites for hydroxylation is 3. The summed E-state index contributed by atoms with van der Waals surface area (Å²) < 4.78 is 13.0. The molecule has 0 aliphatic heterocycles. The van der Waals surface area contributed by atoms with Crippen molar-refractivity contribution in [2.75, 3.05) is 19.5 Å². The van der Waals surface area contributed by atoms with Crippen LogP contribution in [0.2, 0.25) is 0 Å². The Balaban J connectivity index is 1.74. The average molecular weight is 444 g/mol. The lowest BCUT2D eigenvalue weighted by Gasteiger charge is -2.19. The number of nitrogens with zero attached hydrogens (tertiary/aromatic N) is 2. The number of benzene rings is 2. The lowest BCUT2D eigenvalue weighted by atomic mass is 9.91. The summed E-state index contributed by atoms with van der Waals surface area (Å²) >= 11 is 0. The summed E-state index contributed by atoms with van der Waals surface area (Å²) in [6, 6.07) is 15.7. The van der Waals surface area contributed by atoms with Crippen molar-refractivity contribution in [3.8, 4) is 11.5 Å². The van der Waals surface area contributed by atoms with Gasteiger partial charge < -0.3 is 19.2 Å². The Hall–Kier alpha value is -3.80. The van der Waals surface area contributed by atoms with Gasteiger partial charge in [0.25, 0.3) is 0 Å². The molecule has 2 aromatic carbocycles. The van der Waals surface area contributed by atoms with Gasteiger partial charge in [-0.3, -0.25) is 4.79 Å². The van der Waals surface area contributed by atoms with E-state index in [4.69, 9.17) is 9.47 Å². The zero-order valence-corrected chi connectivity index (χ0v) is 19.7. The van der Waals surface area contributed by atoms with Crippen LogP contribution >= 0.6 is 0 Å². The van der Waals surface area contributed by atoms with Crippen LogP contribution in [0.4, 0.5) is 5.69 Å². The molecule has 0 spiro atoms. The number of pyridine rings is 1. The van der Waals surface area contributed by atoms with E-state index in [0.29, 0.717) is 11.5 Å². The van der Waals surface area contributed by atoms with Crippen LogP contribution in [0.25, 0.3) is 5.65 Å². The van der Waals surface area contributed by atoms with E-state index in [1.54, 1.807) is 14.2 Å². The van der Waals surface area contributed by atoms with Gasteiger partial charge in [0.15, 0.2) is 0 Å². The van der Waals surface area contributed by atoms with Crippen molar-refractivity contribution in [1.29, 1.82) is 0 Å². The maximum Gasteiger partial charge on any atom is 0.225 e. The van der Waals surface area contributed by atoms with Crippen molar-refractivity contribution in [2.24, 2.45) is 0 Å². The standard InChI is InChI=1S/C27H29N3O3/c1-17-8-9-30-25(16-28-26(30)10-17)24(20-12-22(32-4)14-23(13-20)33-5)15-27(31)29-21-7-6-18(2)19(3)11-21/h6-14,16,24H,15H2,1-5H3,(H,29,31). The summed E-state index contributed by atoms with van der Waals surface area (Å²) in [5, 5.41) is 3.06. The van der Waals surface area contributed by atoms with Gasteiger partial charge in [0.2, 0.25) is 5.91 Å². The first-order valence-corrected chi connectivity index (χ1v) is 10.9. The molecule has 0 fully saturated rings. The van der Waals surface area contributed by atoms with Crippen LogP contribution in [-0.2, 0) is 4.79 Å². The second-order valence-corrected chi connectivity index (χ2v) is 8.37. The normalized spacial score (nSPS) is 11.9. The predicted molar refractivity (Wildman–Crippen MR) is 130 cm³/mol. The molecular weight excluding hydrogens is 414 g/mol. The molecule has 1 atom stereocenters. The molecule has 4 aromatic rings. The average Bonchev–Trinajstić information content (AvgIpc) is 3.22. The van der Waals surface area contributed by atoms with Crippen molar-refractivity contribution >= 4 is 17.2 Å². The smallest absolute Gasteiger partial charge is 0.225 e. The number of amides is 1. The molecule has 33 heavy (non-hydrogen) atoms. The van der Waals surface area contributed by atoms with Crippen molar-refractivity contribution < 1.29 is 14.3 Å². The monoisotopic (exact) mass is 443 g/mol. The largest absolute Gasteiger partial charge is 0.497 e. The molecule has 170 valence electrons. The van der Waals surface area contributed by atoms with Gasteiger partial charge in [0.05, 0.1) is 19.9 Å². The number of nitrogens with one attached hydrogen (secondary N) is 1. The van der Waals surface area contributed by atoms with Gasteiger partial charge in [-0.25, -0.2) is 4.98 Å². The summed E-state index contributed by atoms with van der Waals surface area (Å²) in [6.07, 6.45) is 4.08. The van der Waals surface area contributed by atoms with E-state index in [-0.39, 0.29) is 18.2 Å². The fraction of sp³-hybridized carbons (Fsp3) is 0.259. The van der Waals surface area contributed by atoms with E-state index >= 15 is 0 Å². The Morgan fingerprint density at radius 3 is 2.36 bits per heavy atom. The second kappa shape index (κ2) is 9.36. The zero-order valence-electron chi connectivity index (χ0n) is 19.7. The van der Waals surface area contributed by atoms with Gasteiger partial charge in [-0.05, 0) is 79.4 Å². The number of carbonyl (C=O) groups excluding carboxylic acids is 1. The summed E-state index contributed by atoms with van der Waals surface area (Å²) in [7, 11) is 3.24. The summed E-state index contributed by atoms with van der Waals surface area (Å²) in [6.45, 7) is 6.13. The maximum atomic E-state index is 13.2. The SMILES string of the molecule is COc1cc(OC)cc(C(CC(=O)Nc2ccc(C)c(C)c2)c2cnc3cc(C)ccn23)c1. The summed E-state index contributed by atoms with van der Waals surface area (Å²) in [5.41, 5.74) is 6.94. The van der Waals surface area contributed by atoms with Crippen LogP contribution in [-0.4, -0.2) is 29.5 Å². The van der Waals surface area contributed by atoms with Gasteiger partial charge in [-0.15, -0.1) is 0 Å². The molecule has 0 saturated carbocycles. The van der Waals surface area contributed by atoms with Crippen molar-refractivity contribution in [1.82, 2.24) is 9.38 Å². The molecule has 6 heteroatoms. The van der Waals surface area contributed by atoms with Crippen LogP contribution < -0.4 is 14.8 Å². The molecule has 0 aliphatic rings. The van der Waals surface area contributed by atoms with E-state index in [0.717, 1.165) is 33.7 Å². The molecule has 2 aromatic heterocycles. The number of methoxy groups -OCH3 is 2. The Kier molecular flexibility index (Phi) is 6.36. The zero-order chi connectivity index (χ0) is 23.5. The number of hydrogen-bond acceptors (Lipinski definition) is 4. The lowest BCUT2D eigenvalue weighted by Crippen LogP contribution is -2.17. The number of anilines is 1. The first-order chi connectivity index (χ1) is 15.9. The number of imidazole rings is 1. The Morgan fingerprint density at radius 2 is 1.70 bits per heavy atom. The number of rotatable bonds is 7. The molecule has 4 rings (SSSR count). The van der Waals surface area contributed by atoms with Crippen molar-refractivity contribution in [3.05, 3.63) is 88.9 Å². The van der Waals surface area contributed by atoms with Crippen molar-refractivity contribution in [3.63, 3.8) is 0 Å². The first-order valence-electron chi connectivity index (χ1n) is 10.9. The lowest BCUT2D eigenvalue weighted by molar-refractivity contribution is -0.116. The van der Waals surface area contributed by atoms with Gasteiger partial charge in [-0.1, -0.05) is 6.07 Å². The van der Waals surface area contributed by atoms with Crippen molar-refractivity contribution in [2.45, 2.75) is 33.1 Å². The minimum Gasteiger partial charge on any atom is -0.497 e. The molecular formula is C27H29N3O3. The van der Waals surface area contributed by atoms with E-state index < -0.39 is 0 Å². The second-order valence-electron chi connectivity index (χ2n) is 8.37. The minimum atomic E-state index is -0.252. The topological polar surface area (TPSA) is 64.9 Å². The van der Waals surface area contributed by atoms with Crippen LogP contribution in [0.3, 0.4) is 0 Å². The highest BCUT2D eigenvalue weighted by Crippen LogP contribution is 2.34. The Bertz CT molecular complexity index is 1290. The fourth-order valence-electron chi connectivity index (χ4n) is 4.00. The predicted octanol–water partition coefficient (Wildman–Crippen LogP) is 5.44. The minimum absolute atomic E-state index is 0.0768. The third-order valence-corrected chi connectivity index (χ3v) is 6.01. The van der Waals surface area contributed by atoms with E-state index in [2.05, 4.69) is 17.2 Å². The van der Waals surface area contributed by atoms with Crippen LogP contribution in [0, 0.1) is 20.8 Å². The molecule has 6 nitrogen and oxygen atoms in total. The van der Waals surface area contributed by atoms with Crippen LogP contribution in [0.15, 0.2) is 60.9 Å². The fourth-order valence-corrected chi connectivity index (χ4v) is 4.00. The maximum absolute atomic E-state index is 13.2. The quantitative estimate of drug-likeness (QED) is 0.413. The Labute approximate surface area is 194 Å². The van der Waals surface area contributed by atoms with Gasteiger partial charge in [0, 0.05) is 36.5 Å². The van der Waals surface area contributed by atoms with Gasteiger partial charge >= 0.3 is 0 Å². The highest BCUT2D eigenvalue weighted by molar-refractivity contribution is 5.91. The van der Waals surface area contributed by atoms with E-state index in [1.807, 2.05) is 79.2 Å². The molecule has 1 N–H and O–H groups in total. The molecule has 1 unspecified atom stereocenters. The third-order valence-electron chi connectivity index (χ3n) is 6.01. The van der Waals surface area contributed by atoms with Crippen LogP contribution in [0.1, 0.15) is 40.3 Å². The van der Waals surface area contributed by atoms with E-state index in [9.17, 15) is 4.79 Å². The van der Waals surface area contributed by atoms with Gasteiger partial charge in [0.1, 0.15) is 17.1 Å².